The molecule has 0 saturated carbocycles. The summed E-state index contributed by atoms with van der Waals surface area (Å²) in [6.07, 6.45) is 3.49. The first kappa shape index (κ1) is 11.5. The van der Waals surface area contributed by atoms with Crippen LogP contribution in [0, 0.1) is 6.92 Å². The summed E-state index contributed by atoms with van der Waals surface area (Å²) in [5.41, 5.74) is 1.88. The first-order valence-corrected chi connectivity index (χ1v) is 6.01. The molecule has 3 rings (SSSR count). The lowest BCUT2D eigenvalue weighted by Gasteiger charge is -2.04. The van der Waals surface area contributed by atoms with Crippen LogP contribution in [0.1, 0.15) is 5.82 Å². The van der Waals surface area contributed by atoms with Crippen molar-refractivity contribution < 1.29 is 0 Å². The monoisotopic (exact) mass is 248 g/mol. The van der Waals surface area contributed by atoms with Crippen molar-refractivity contribution in [2.24, 2.45) is 0 Å². The van der Waals surface area contributed by atoms with Gasteiger partial charge in [0, 0.05) is 23.5 Å². The summed E-state index contributed by atoms with van der Waals surface area (Å²) in [4.78, 5) is 17.4. The number of nitrogens with zero attached hydrogens (tertiary/aromatic N) is 4. The molecular weight excluding hydrogens is 236 g/mol. The molecule has 0 spiro atoms. The van der Waals surface area contributed by atoms with Crippen LogP contribution in [0.4, 0.5) is 0 Å². The van der Waals surface area contributed by atoms with Gasteiger partial charge in [0.05, 0.1) is 0 Å². The van der Waals surface area contributed by atoms with Crippen LogP contribution in [0.5, 0.6) is 0 Å². The van der Waals surface area contributed by atoms with E-state index in [1.807, 2.05) is 49.4 Å². The molecular formula is C15H12N4. The lowest BCUT2D eigenvalue weighted by atomic mass is 10.2. The Bertz CT molecular complexity index is 623. The molecule has 0 aliphatic heterocycles. The van der Waals surface area contributed by atoms with Crippen LogP contribution < -0.4 is 0 Å². The van der Waals surface area contributed by atoms with Crippen LogP contribution in [-0.2, 0) is 0 Å². The fourth-order valence-electron chi connectivity index (χ4n) is 1.82. The molecule has 0 fully saturated rings. The van der Waals surface area contributed by atoms with Gasteiger partial charge in [-0.25, -0.2) is 15.0 Å². The summed E-state index contributed by atoms with van der Waals surface area (Å²) in [6.45, 7) is 1.87. The molecule has 0 N–H and O–H groups in total. The molecule has 0 unspecified atom stereocenters. The van der Waals surface area contributed by atoms with Crippen molar-refractivity contribution in [3.8, 4) is 22.8 Å². The maximum atomic E-state index is 4.51. The van der Waals surface area contributed by atoms with Crippen LogP contribution in [0.15, 0.2) is 54.9 Å². The van der Waals surface area contributed by atoms with Crippen LogP contribution in [0.3, 0.4) is 0 Å². The summed E-state index contributed by atoms with van der Waals surface area (Å²) < 4.78 is 0. The van der Waals surface area contributed by atoms with Gasteiger partial charge in [0.2, 0.25) is 0 Å². The predicted molar refractivity (Wildman–Crippen MR) is 73.2 cm³/mol. The molecule has 2 heterocycles. The second-order valence-electron chi connectivity index (χ2n) is 4.14. The highest BCUT2D eigenvalue weighted by Crippen LogP contribution is 2.18. The van der Waals surface area contributed by atoms with E-state index in [0.717, 1.165) is 11.1 Å². The van der Waals surface area contributed by atoms with E-state index < -0.39 is 0 Å². The largest absolute Gasteiger partial charge is 0.264 e. The molecule has 0 amide bonds. The van der Waals surface area contributed by atoms with E-state index in [0.29, 0.717) is 17.5 Å². The first-order chi connectivity index (χ1) is 9.33. The summed E-state index contributed by atoms with van der Waals surface area (Å²) in [7, 11) is 0. The van der Waals surface area contributed by atoms with Crippen molar-refractivity contribution in [3.63, 3.8) is 0 Å². The zero-order chi connectivity index (χ0) is 13.1. The molecule has 0 radical (unpaired) electrons. The van der Waals surface area contributed by atoms with Crippen LogP contribution in [0.2, 0.25) is 0 Å². The van der Waals surface area contributed by atoms with Crippen molar-refractivity contribution in [1.82, 2.24) is 19.9 Å². The van der Waals surface area contributed by atoms with Crippen LogP contribution in [0.25, 0.3) is 22.8 Å². The molecule has 2 aromatic heterocycles. The third kappa shape index (κ3) is 2.47. The molecule has 4 nitrogen and oxygen atoms in total. The lowest BCUT2D eigenvalue weighted by Crippen LogP contribution is -1.99. The number of aryl methyl sites for hydroxylation is 1. The third-order valence-electron chi connectivity index (χ3n) is 2.70. The Balaban J connectivity index is 2.12. The van der Waals surface area contributed by atoms with E-state index in [2.05, 4.69) is 19.9 Å². The summed E-state index contributed by atoms with van der Waals surface area (Å²) in [5, 5.41) is 0. The van der Waals surface area contributed by atoms with Gasteiger partial charge in [0.15, 0.2) is 11.6 Å². The van der Waals surface area contributed by atoms with E-state index in [-0.39, 0.29) is 0 Å². The Morgan fingerprint density at radius 3 is 2.11 bits per heavy atom. The summed E-state index contributed by atoms with van der Waals surface area (Å²) in [6, 6.07) is 13.7. The fraction of sp³-hybridized carbons (Fsp3) is 0.0667. The molecule has 1 aromatic carbocycles. The van der Waals surface area contributed by atoms with Gasteiger partial charge in [-0.2, -0.15) is 0 Å². The van der Waals surface area contributed by atoms with Crippen molar-refractivity contribution >= 4 is 0 Å². The second kappa shape index (κ2) is 4.94. The fourth-order valence-corrected chi connectivity index (χ4v) is 1.82. The lowest BCUT2D eigenvalue weighted by molar-refractivity contribution is 0.990. The van der Waals surface area contributed by atoms with E-state index in [9.17, 15) is 0 Å². The van der Waals surface area contributed by atoms with Gasteiger partial charge >= 0.3 is 0 Å². The summed E-state index contributed by atoms with van der Waals surface area (Å²) >= 11 is 0. The molecule has 3 aromatic rings. The SMILES string of the molecule is Cc1nc(-c2ccccc2)nc(-c2cccnc2)n1. The minimum absolute atomic E-state index is 0.652. The Labute approximate surface area is 111 Å². The smallest absolute Gasteiger partial charge is 0.165 e. The molecule has 19 heavy (non-hydrogen) atoms. The number of pyridine rings is 1. The zero-order valence-corrected chi connectivity index (χ0v) is 10.5. The van der Waals surface area contributed by atoms with Gasteiger partial charge in [-0.05, 0) is 19.1 Å². The third-order valence-corrected chi connectivity index (χ3v) is 2.70. The molecule has 92 valence electrons. The van der Waals surface area contributed by atoms with Crippen LogP contribution >= 0.6 is 0 Å². The molecule has 4 heteroatoms. The first-order valence-electron chi connectivity index (χ1n) is 6.01. The van der Waals surface area contributed by atoms with Crippen molar-refractivity contribution in [2.75, 3.05) is 0 Å². The van der Waals surface area contributed by atoms with Gasteiger partial charge in [0.25, 0.3) is 0 Å². The highest BCUT2D eigenvalue weighted by molar-refractivity contribution is 5.59. The quantitative estimate of drug-likeness (QED) is 0.699. The van der Waals surface area contributed by atoms with Gasteiger partial charge in [-0.3, -0.25) is 4.98 Å². The number of rotatable bonds is 2. The maximum Gasteiger partial charge on any atom is 0.165 e. The van der Waals surface area contributed by atoms with E-state index in [4.69, 9.17) is 0 Å². The average molecular weight is 248 g/mol. The Morgan fingerprint density at radius 2 is 1.42 bits per heavy atom. The van der Waals surface area contributed by atoms with Gasteiger partial charge < -0.3 is 0 Å². The van der Waals surface area contributed by atoms with Gasteiger partial charge in [0.1, 0.15) is 5.82 Å². The Kier molecular flexibility index (Phi) is 2.98. The van der Waals surface area contributed by atoms with E-state index >= 15 is 0 Å². The van der Waals surface area contributed by atoms with Crippen molar-refractivity contribution in [2.45, 2.75) is 6.92 Å². The van der Waals surface area contributed by atoms with E-state index in [1.54, 1.807) is 12.4 Å². The molecule has 0 saturated heterocycles. The summed E-state index contributed by atoms with van der Waals surface area (Å²) in [5.74, 6) is 2.04. The van der Waals surface area contributed by atoms with Gasteiger partial charge in [-0.1, -0.05) is 30.3 Å². The van der Waals surface area contributed by atoms with Crippen molar-refractivity contribution in [3.05, 3.63) is 60.7 Å². The number of aromatic nitrogens is 4. The zero-order valence-electron chi connectivity index (χ0n) is 10.5. The van der Waals surface area contributed by atoms with Gasteiger partial charge in [-0.15, -0.1) is 0 Å². The number of benzene rings is 1. The Morgan fingerprint density at radius 1 is 0.737 bits per heavy atom. The second-order valence-corrected chi connectivity index (χ2v) is 4.14. The highest BCUT2D eigenvalue weighted by atomic mass is 15.0. The minimum Gasteiger partial charge on any atom is -0.264 e. The standard InChI is InChI=1S/C15H12N4/c1-11-17-14(12-6-3-2-4-7-12)19-15(18-11)13-8-5-9-16-10-13/h2-10H,1H3. The maximum absolute atomic E-state index is 4.51. The number of hydrogen-bond acceptors (Lipinski definition) is 4. The molecule has 0 bridgehead atoms. The molecule has 0 atom stereocenters. The Hall–Kier alpha value is -2.62. The average Bonchev–Trinajstić information content (AvgIpc) is 2.48. The number of hydrogen-bond donors (Lipinski definition) is 0. The minimum atomic E-state index is 0.652. The molecule has 0 aliphatic rings. The predicted octanol–water partition coefficient (Wildman–Crippen LogP) is 2.91. The topological polar surface area (TPSA) is 51.6 Å². The normalized spacial score (nSPS) is 10.4. The van der Waals surface area contributed by atoms with Crippen molar-refractivity contribution in [1.29, 1.82) is 0 Å². The highest BCUT2D eigenvalue weighted by Gasteiger charge is 2.07. The van der Waals surface area contributed by atoms with Crippen LogP contribution in [-0.4, -0.2) is 19.9 Å². The molecule has 0 aliphatic carbocycles. The van der Waals surface area contributed by atoms with E-state index in [1.165, 1.54) is 0 Å².